The van der Waals surface area contributed by atoms with E-state index in [1.54, 1.807) is 25.5 Å². The first kappa shape index (κ1) is 19.1. The summed E-state index contributed by atoms with van der Waals surface area (Å²) in [6.07, 6.45) is 2.40. The SMILES string of the molecule is COCCOc1ccc(CNCCc2coc(-c3ccc(F)cc3)n2)cc1. The number of hydrogen-bond donors (Lipinski definition) is 1. The molecule has 1 heterocycles. The number of oxazole rings is 1. The number of halogens is 1. The van der Waals surface area contributed by atoms with Gasteiger partial charge in [0.2, 0.25) is 5.89 Å². The molecule has 1 N–H and O–H groups in total. The molecule has 0 aliphatic heterocycles. The van der Waals surface area contributed by atoms with Crippen LogP contribution in [0.1, 0.15) is 11.3 Å². The molecule has 0 saturated carbocycles. The third-order valence-electron chi connectivity index (χ3n) is 4.01. The van der Waals surface area contributed by atoms with Crippen molar-refractivity contribution in [3.05, 3.63) is 71.9 Å². The van der Waals surface area contributed by atoms with Gasteiger partial charge in [-0.2, -0.15) is 0 Å². The van der Waals surface area contributed by atoms with E-state index < -0.39 is 0 Å². The predicted octanol–water partition coefficient (Wildman–Crippen LogP) is 3.84. The minimum absolute atomic E-state index is 0.274. The number of methoxy groups -OCH3 is 1. The lowest BCUT2D eigenvalue weighted by atomic mass is 10.2. The number of ether oxygens (including phenoxy) is 2. The normalized spacial score (nSPS) is 10.9. The molecule has 0 bridgehead atoms. The highest BCUT2D eigenvalue weighted by atomic mass is 19.1. The molecule has 5 nitrogen and oxygen atoms in total. The Morgan fingerprint density at radius 2 is 1.81 bits per heavy atom. The average molecular weight is 370 g/mol. The maximum absolute atomic E-state index is 13.0. The van der Waals surface area contributed by atoms with Gasteiger partial charge in [-0.15, -0.1) is 0 Å². The van der Waals surface area contributed by atoms with Crippen LogP contribution in [-0.2, 0) is 17.7 Å². The zero-order valence-corrected chi connectivity index (χ0v) is 15.3. The van der Waals surface area contributed by atoms with E-state index in [9.17, 15) is 4.39 Å². The van der Waals surface area contributed by atoms with Gasteiger partial charge in [0.15, 0.2) is 0 Å². The van der Waals surface area contributed by atoms with Crippen LogP contribution in [0.15, 0.2) is 59.2 Å². The first-order chi connectivity index (χ1) is 13.2. The predicted molar refractivity (Wildman–Crippen MR) is 101 cm³/mol. The smallest absolute Gasteiger partial charge is 0.226 e. The highest BCUT2D eigenvalue weighted by Crippen LogP contribution is 2.19. The summed E-state index contributed by atoms with van der Waals surface area (Å²) in [6.45, 7) is 2.67. The molecule has 142 valence electrons. The van der Waals surface area contributed by atoms with Gasteiger partial charge in [0.25, 0.3) is 0 Å². The van der Waals surface area contributed by atoms with E-state index in [-0.39, 0.29) is 5.82 Å². The molecule has 3 aromatic rings. The molecule has 0 amide bonds. The van der Waals surface area contributed by atoms with Crippen LogP contribution in [0.2, 0.25) is 0 Å². The third-order valence-corrected chi connectivity index (χ3v) is 4.01. The topological polar surface area (TPSA) is 56.5 Å². The van der Waals surface area contributed by atoms with Gasteiger partial charge in [-0.25, -0.2) is 9.37 Å². The van der Waals surface area contributed by atoms with Crippen molar-refractivity contribution in [2.45, 2.75) is 13.0 Å². The minimum Gasteiger partial charge on any atom is -0.491 e. The second-order valence-electron chi connectivity index (χ2n) is 6.06. The molecule has 6 heteroatoms. The summed E-state index contributed by atoms with van der Waals surface area (Å²) >= 11 is 0. The maximum atomic E-state index is 13.0. The van der Waals surface area contributed by atoms with Gasteiger partial charge in [0.05, 0.1) is 12.3 Å². The van der Waals surface area contributed by atoms with Crippen molar-refractivity contribution >= 4 is 0 Å². The van der Waals surface area contributed by atoms with Crippen molar-refractivity contribution in [3.63, 3.8) is 0 Å². The first-order valence-corrected chi connectivity index (χ1v) is 8.86. The molecule has 27 heavy (non-hydrogen) atoms. The third kappa shape index (κ3) is 5.91. The maximum Gasteiger partial charge on any atom is 0.226 e. The van der Waals surface area contributed by atoms with Crippen molar-refractivity contribution in [3.8, 4) is 17.2 Å². The Balaban J connectivity index is 1.41. The molecule has 1 aromatic heterocycles. The van der Waals surface area contributed by atoms with Gasteiger partial charge in [-0.1, -0.05) is 12.1 Å². The van der Waals surface area contributed by atoms with Crippen LogP contribution >= 0.6 is 0 Å². The van der Waals surface area contributed by atoms with E-state index in [2.05, 4.69) is 10.3 Å². The van der Waals surface area contributed by atoms with E-state index in [0.29, 0.717) is 19.1 Å². The van der Waals surface area contributed by atoms with E-state index >= 15 is 0 Å². The highest BCUT2D eigenvalue weighted by Gasteiger charge is 2.06. The van der Waals surface area contributed by atoms with Crippen molar-refractivity contribution < 1.29 is 18.3 Å². The molecule has 0 saturated heterocycles. The van der Waals surface area contributed by atoms with Crippen LogP contribution in [-0.4, -0.2) is 31.9 Å². The number of rotatable bonds is 10. The standard InChI is InChI=1S/C21H23FN2O3/c1-25-12-13-26-20-8-2-16(3-9-20)14-23-11-10-19-15-27-21(24-19)17-4-6-18(22)7-5-17/h2-9,15,23H,10-14H2,1H3. The lowest BCUT2D eigenvalue weighted by Gasteiger charge is -2.07. The van der Waals surface area contributed by atoms with E-state index in [4.69, 9.17) is 13.9 Å². The summed E-state index contributed by atoms with van der Waals surface area (Å²) in [7, 11) is 1.65. The van der Waals surface area contributed by atoms with Gasteiger partial charge >= 0.3 is 0 Å². The Morgan fingerprint density at radius 1 is 1.04 bits per heavy atom. The quantitative estimate of drug-likeness (QED) is 0.550. The number of nitrogens with one attached hydrogen (secondary N) is 1. The van der Waals surface area contributed by atoms with Crippen LogP contribution in [0.4, 0.5) is 4.39 Å². The summed E-state index contributed by atoms with van der Waals surface area (Å²) in [5.74, 6) is 1.07. The molecule has 0 aliphatic rings. The van der Waals surface area contributed by atoms with Gasteiger partial charge in [-0.05, 0) is 42.0 Å². The lowest BCUT2D eigenvalue weighted by Crippen LogP contribution is -2.16. The molecular formula is C21H23FN2O3. The first-order valence-electron chi connectivity index (χ1n) is 8.86. The molecule has 3 rings (SSSR count). The van der Waals surface area contributed by atoms with Gasteiger partial charge in [-0.3, -0.25) is 0 Å². The Bertz CT molecular complexity index is 816. The second kappa shape index (κ2) is 9.85. The van der Waals surface area contributed by atoms with E-state index in [1.165, 1.54) is 17.7 Å². The van der Waals surface area contributed by atoms with Gasteiger partial charge in [0, 0.05) is 32.2 Å². The summed E-state index contributed by atoms with van der Waals surface area (Å²) < 4.78 is 29.0. The summed E-state index contributed by atoms with van der Waals surface area (Å²) in [5.41, 5.74) is 2.81. The zero-order chi connectivity index (χ0) is 18.9. The number of hydrogen-bond acceptors (Lipinski definition) is 5. The van der Waals surface area contributed by atoms with Crippen LogP contribution < -0.4 is 10.1 Å². The van der Waals surface area contributed by atoms with Crippen LogP contribution in [0.5, 0.6) is 5.75 Å². The van der Waals surface area contributed by atoms with Crippen molar-refractivity contribution in [2.24, 2.45) is 0 Å². The molecule has 0 fully saturated rings. The number of aromatic nitrogens is 1. The monoisotopic (exact) mass is 370 g/mol. The average Bonchev–Trinajstić information content (AvgIpc) is 3.16. The van der Waals surface area contributed by atoms with Crippen LogP contribution in [0, 0.1) is 5.82 Å². The Hall–Kier alpha value is -2.70. The fraction of sp³-hybridized carbons (Fsp3) is 0.286. The molecule has 2 aromatic carbocycles. The molecule has 0 unspecified atom stereocenters. The molecule has 0 spiro atoms. The van der Waals surface area contributed by atoms with E-state index in [0.717, 1.165) is 36.5 Å². The fourth-order valence-corrected chi connectivity index (χ4v) is 2.54. The molecular weight excluding hydrogens is 347 g/mol. The van der Waals surface area contributed by atoms with E-state index in [1.807, 2.05) is 24.3 Å². The Kier molecular flexibility index (Phi) is 6.96. The molecule has 0 atom stereocenters. The van der Waals surface area contributed by atoms with Crippen LogP contribution in [0.3, 0.4) is 0 Å². The summed E-state index contributed by atoms with van der Waals surface area (Å²) in [5, 5.41) is 3.39. The Labute approximate surface area is 158 Å². The lowest BCUT2D eigenvalue weighted by molar-refractivity contribution is 0.146. The van der Waals surface area contributed by atoms with Gasteiger partial charge < -0.3 is 19.2 Å². The summed E-state index contributed by atoms with van der Waals surface area (Å²) in [6, 6.07) is 14.1. The minimum atomic E-state index is -0.274. The Morgan fingerprint density at radius 3 is 2.56 bits per heavy atom. The highest BCUT2D eigenvalue weighted by molar-refractivity contribution is 5.52. The number of benzene rings is 2. The second-order valence-corrected chi connectivity index (χ2v) is 6.06. The van der Waals surface area contributed by atoms with Crippen molar-refractivity contribution in [2.75, 3.05) is 26.9 Å². The zero-order valence-electron chi connectivity index (χ0n) is 15.3. The summed E-state index contributed by atoms with van der Waals surface area (Å²) in [4.78, 5) is 4.45. The van der Waals surface area contributed by atoms with Crippen molar-refractivity contribution in [1.82, 2.24) is 10.3 Å². The molecule has 0 radical (unpaired) electrons. The van der Waals surface area contributed by atoms with Crippen molar-refractivity contribution in [1.29, 1.82) is 0 Å². The van der Waals surface area contributed by atoms with Crippen LogP contribution in [0.25, 0.3) is 11.5 Å². The molecule has 0 aliphatic carbocycles. The van der Waals surface area contributed by atoms with Gasteiger partial charge in [0.1, 0.15) is 24.4 Å². The fourth-order valence-electron chi connectivity index (χ4n) is 2.54. The number of nitrogens with zero attached hydrogens (tertiary/aromatic N) is 1. The largest absolute Gasteiger partial charge is 0.491 e.